The molecule has 27 heavy (non-hydrogen) atoms. The van der Waals surface area contributed by atoms with Gasteiger partial charge in [-0.05, 0) is 49.2 Å². The van der Waals surface area contributed by atoms with Crippen molar-refractivity contribution in [2.24, 2.45) is 0 Å². The number of para-hydroxylation sites is 1. The van der Waals surface area contributed by atoms with Crippen molar-refractivity contribution in [2.45, 2.75) is 19.8 Å². The quantitative estimate of drug-likeness (QED) is 0.731. The second-order valence-corrected chi connectivity index (χ2v) is 6.64. The molecule has 4 rings (SSSR count). The zero-order valence-electron chi connectivity index (χ0n) is 15.4. The van der Waals surface area contributed by atoms with E-state index in [9.17, 15) is 4.79 Å². The Morgan fingerprint density at radius 1 is 1.11 bits per heavy atom. The van der Waals surface area contributed by atoms with Crippen LogP contribution in [0.25, 0.3) is 0 Å². The van der Waals surface area contributed by atoms with E-state index in [2.05, 4.69) is 15.6 Å². The molecule has 0 saturated carbocycles. The van der Waals surface area contributed by atoms with Crippen LogP contribution in [-0.2, 0) is 11.2 Å². The summed E-state index contributed by atoms with van der Waals surface area (Å²) in [5.74, 6) is 1.46. The van der Waals surface area contributed by atoms with Crippen molar-refractivity contribution in [3.05, 3.63) is 65.9 Å². The fraction of sp³-hybridized carbons (Fsp3) is 0.190. The van der Waals surface area contributed by atoms with Gasteiger partial charge in [-0.25, -0.2) is 4.98 Å². The average molecular weight is 359 g/mol. The lowest BCUT2D eigenvalue weighted by atomic mass is 10.0. The molecule has 2 N–H and O–H groups in total. The van der Waals surface area contributed by atoms with Crippen molar-refractivity contribution in [1.82, 2.24) is 9.97 Å². The zero-order valence-corrected chi connectivity index (χ0v) is 15.4. The second kappa shape index (κ2) is 7.07. The van der Waals surface area contributed by atoms with Crippen molar-refractivity contribution in [3.63, 3.8) is 0 Å². The van der Waals surface area contributed by atoms with Crippen LogP contribution < -0.4 is 15.5 Å². The lowest BCUT2D eigenvalue weighted by molar-refractivity contribution is -0.116. The summed E-state index contributed by atoms with van der Waals surface area (Å²) in [5, 5.41) is 6.17. The predicted molar refractivity (Wildman–Crippen MR) is 108 cm³/mol. The summed E-state index contributed by atoms with van der Waals surface area (Å²) >= 11 is 0. The van der Waals surface area contributed by atoms with Crippen LogP contribution in [0.3, 0.4) is 0 Å². The van der Waals surface area contributed by atoms with Gasteiger partial charge in [0.2, 0.25) is 11.9 Å². The molecule has 0 spiro atoms. The molecule has 0 unspecified atom stereocenters. The van der Waals surface area contributed by atoms with E-state index in [4.69, 9.17) is 4.98 Å². The van der Waals surface area contributed by atoms with E-state index in [1.54, 1.807) is 0 Å². The van der Waals surface area contributed by atoms with Gasteiger partial charge in [-0.3, -0.25) is 4.79 Å². The third kappa shape index (κ3) is 3.60. The maximum Gasteiger partial charge on any atom is 0.229 e. The van der Waals surface area contributed by atoms with Gasteiger partial charge in [0.25, 0.3) is 0 Å². The summed E-state index contributed by atoms with van der Waals surface area (Å²) in [4.78, 5) is 22.7. The molecule has 0 atom stereocenters. The molecule has 1 aliphatic heterocycles. The van der Waals surface area contributed by atoms with Gasteiger partial charge in [-0.2, -0.15) is 4.98 Å². The lowest BCUT2D eigenvalue weighted by Crippen LogP contribution is -2.19. The molecule has 2 heterocycles. The first-order valence-corrected chi connectivity index (χ1v) is 8.92. The molecular formula is C21H21N5O. The Morgan fingerprint density at radius 2 is 1.93 bits per heavy atom. The van der Waals surface area contributed by atoms with Crippen LogP contribution in [0.5, 0.6) is 0 Å². The first-order valence-electron chi connectivity index (χ1n) is 8.92. The van der Waals surface area contributed by atoms with Crippen molar-refractivity contribution >= 4 is 34.7 Å². The van der Waals surface area contributed by atoms with Crippen LogP contribution in [0.2, 0.25) is 0 Å². The number of hydrogen-bond donors (Lipinski definition) is 2. The van der Waals surface area contributed by atoms with E-state index in [1.165, 1.54) is 0 Å². The van der Waals surface area contributed by atoms with E-state index in [0.29, 0.717) is 12.4 Å². The Bertz CT molecular complexity index is 987. The molecule has 0 bridgehead atoms. The summed E-state index contributed by atoms with van der Waals surface area (Å²) in [6, 6.07) is 16.0. The molecule has 1 aliphatic rings. The number of carbonyl (C=O) groups is 1. The normalized spacial score (nSPS) is 12.9. The molecule has 0 saturated heterocycles. The third-order valence-corrected chi connectivity index (χ3v) is 4.66. The van der Waals surface area contributed by atoms with E-state index >= 15 is 0 Å². The minimum atomic E-state index is 0.0682. The topological polar surface area (TPSA) is 70.1 Å². The van der Waals surface area contributed by atoms with E-state index in [0.717, 1.165) is 40.4 Å². The predicted octanol–water partition coefficient (Wildman–Crippen LogP) is 4.18. The first kappa shape index (κ1) is 17.0. The summed E-state index contributed by atoms with van der Waals surface area (Å²) in [7, 11) is 2.00. The van der Waals surface area contributed by atoms with Gasteiger partial charge in [0.15, 0.2) is 0 Å². The molecule has 2 aromatic carbocycles. The number of nitrogens with one attached hydrogen (secondary N) is 2. The van der Waals surface area contributed by atoms with Gasteiger partial charge >= 0.3 is 0 Å². The van der Waals surface area contributed by atoms with Crippen LogP contribution in [0.1, 0.15) is 17.5 Å². The number of fused-ring (bicyclic) bond motifs is 1. The Kier molecular flexibility index (Phi) is 4.46. The van der Waals surface area contributed by atoms with Crippen molar-refractivity contribution in [2.75, 3.05) is 22.6 Å². The van der Waals surface area contributed by atoms with Crippen LogP contribution in [0.4, 0.5) is 28.8 Å². The highest BCUT2D eigenvalue weighted by molar-refractivity contribution is 5.94. The van der Waals surface area contributed by atoms with E-state index in [1.807, 2.05) is 73.6 Å². The fourth-order valence-electron chi connectivity index (χ4n) is 3.20. The van der Waals surface area contributed by atoms with Crippen molar-refractivity contribution in [1.29, 1.82) is 0 Å². The number of aromatic nitrogens is 2. The van der Waals surface area contributed by atoms with Gasteiger partial charge in [0, 0.05) is 42.3 Å². The number of benzene rings is 2. The maximum absolute atomic E-state index is 11.5. The van der Waals surface area contributed by atoms with Gasteiger partial charge in [0.1, 0.15) is 5.82 Å². The molecule has 3 aromatic rings. The monoisotopic (exact) mass is 359 g/mol. The molecule has 0 fully saturated rings. The van der Waals surface area contributed by atoms with Crippen LogP contribution in [0.15, 0.2) is 54.7 Å². The van der Waals surface area contributed by atoms with Gasteiger partial charge in [0.05, 0.1) is 0 Å². The minimum absolute atomic E-state index is 0.0682. The first-order chi connectivity index (χ1) is 13.1. The number of aryl methyl sites for hydroxylation is 2. The molecule has 136 valence electrons. The number of carbonyl (C=O) groups excluding carboxylic acids is 1. The SMILES string of the molecule is Cc1cnc(Nc2ccc3c(c2)CCC(=O)N3)nc1N(C)c1ccccc1. The van der Waals surface area contributed by atoms with Crippen LogP contribution in [0, 0.1) is 6.92 Å². The maximum atomic E-state index is 11.5. The summed E-state index contributed by atoms with van der Waals surface area (Å²) < 4.78 is 0. The Balaban J connectivity index is 1.59. The minimum Gasteiger partial charge on any atom is -0.329 e. The van der Waals surface area contributed by atoms with Crippen LogP contribution in [-0.4, -0.2) is 22.9 Å². The Hall–Kier alpha value is -3.41. The van der Waals surface area contributed by atoms with Crippen molar-refractivity contribution < 1.29 is 4.79 Å². The number of rotatable bonds is 4. The Labute approximate surface area is 158 Å². The molecule has 6 heteroatoms. The van der Waals surface area contributed by atoms with Gasteiger partial charge in [-0.1, -0.05) is 18.2 Å². The highest BCUT2D eigenvalue weighted by atomic mass is 16.1. The summed E-state index contributed by atoms with van der Waals surface area (Å²) in [6.45, 7) is 2.00. The smallest absolute Gasteiger partial charge is 0.229 e. The summed E-state index contributed by atoms with van der Waals surface area (Å²) in [5.41, 5.74) is 4.97. The van der Waals surface area contributed by atoms with Crippen molar-refractivity contribution in [3.8, 4) is 0 Å². The Morgan fingerprint density at radius 3 is 2.74 bits per heavy atom. The highest BCUT2D eigenvalue weighted by Crippen LogP contribution is 2.28. The van der Waals surface area contributed by atoms with E-state index < -0.39 is 0 Å². The average Bonchev–Trinajstić information content (AvgIpc) is 2.70. The largest absolute Gasteiger partial charge is 0.329 e. The lowest BCUT2D eigenvalue weighted by Gasteiger charge is -2.21. The highest BCUT2D eigenvalue weighted by Gasteiger charge is 2.15. The number of nitrogens with zero attached hydrogens (tertiary/aromatic N) is 3. The summed E-state index contributed by atoms with van der Waals surface area (Å²) in [6.07, 6.45) is 3.08. The number of anilines is 5. The van der Waals surface area contributed by atoms with Gasteiger partial charge in [-0.15, -0.1) is 0 Å². The standard InChI is InChI=1S/C21H21N5O/c1-14-13-22-21(25-20(14)26(2)17-6-4-3-5-7-17)23-16-9-10-18-15(12-16)8-11-19(27)24-18/h3-7,9-10,12-13H,8,11H2,1-2H3,(H,24,27)(H,22,23,25). The second-order valence-electron chi connectivity index (χ2n) is 6.64. The number of hydrogen-bond acceptors (Lipinski definition) is 5. The van der Waals surface area contributed by atoms with Crippen LogP contribution >= 0.6 is 0 Å². The molecule has 6 nitrogen and oxygen atoms in total. The third-order valence-electron chi connectivity index (χ3n) is 4.66. The fourth-order valence-corrected chi connectivity index (χ4v) is 3.20. The number of amides is 1. The molecular weight excluding hydrogens is 338 g/mol. The van der Waals surface area contributed by atoms with Gasteiger partial charge < -0.3 is 15.5 Å². The molecule has 1 amide bonds. The molecule has 0 aliphatic carbocycles. The molecule has 0 radical (unpaired) electrons. The van der Waals surface area contributed by atoms with E-state index in [-0.39, 0.29) is 5.91 Å². The molecule has 1 aromatic heterocycles. The zero-order chi connectivity index (χ0) is 18.8.